The van der Waals surface area contributed by atoms with Crippen molar-refractivity contribution < 1.29 is 10.2 Å². The van der Waals surface area contributed by atoms with Crippen molar-refractivity contribution in [3.05, 3.63) is 5.82 Å². The highest BCUT2D eigenvalue weighted by atomic mass is 16.3. The number of aromatic nitrogens is 4. The summed E-state index contributed by atoms with van der Waals surface area (Å²) in [5.41, 5.74) is 0. The largest absolute Gasteiger partial charge is 0.391 e. The third-order valence-electron chi connectivity index (χ3n) is 1.50. The average Bonchev–Trinajstić information content (AvgIpc) is 2.35. The Balaban J connectivity index is 2.52. The second-order valence-electron chi connectivity index (χ2n) is 2.71. The van der Waals surface area contributed by atoms with E-state index < -0.39 is 12.2 Å². The first kappa shape index (κ1) is 9.08. The van der Waals surface area contributed by atoms with Crippen molar-refractivity contribution in [3.63, 3.8) is 0 Å². The molecule has 0 radical (unpaired) electrons. The third-order valence-corrected chi connectivity index (χ3v) is 1.50. The van der Waals surface area contributed by atoms with Crippen molar-refractivity contribution in [2.24, 2.45) is 7.05 Å². The summed E-state index contributed by atoms with van der Waals surface area (Å²) in [4.78, 5) is 1.31. The van der Waals surface area contributed by atoms with Crippen molar-refractivity contribution in [3.8, 4) is 0 Å². The molecule has 0 saturated carbocycles. The molecule has 0 fully saturated rings. The maximum absolute atomic E-state index is 9.22. The topological polar surface area (TPSA) is 84.1 Å². The third kappa shape index (κ3) is 2.24. The zero-order valence-electron chi connectivity index (χ0n) is 7.05. The second-order valence-corrected chi connectivity index (χ2v) is 2.71. The van der Waals surface area contributed by atoms with Gasteiger partial charge in [-0.3, -0.25) is 0 Å². The van der Waals surface area contributed by atoms with Crippen LogP contribution < -0.4 is 0 Å². The van der Waals surface area contributed by atoms with Gasteiger partial charge in [0.2, 0.25) is 0 Å². The van der Waals surface area contributed by atoms with E-state index >= 15 is 0 Å². The molecule has 2 atom stereocenters. The van der Waals surface area contributed by atoms with Gasteiger partial charge in [0.15, 0.2) is 5.82 Å². The number of aliphatic hydroxyl groups excluding tert-OH is 2. The van der Waals surface area contributed by atoms with Crippen LogP contribution in [-0.4, -0.2) is 42.6 Å². The number of nitrogens with zero attached hydrogens (tertiary/aromatic N) is 4. The first-order valence-electron chi connectivity index (χ1n) is 3.68. The number of aliphatic hydroxyl groups is 2. The highest BCUT2D eigenvalue weighted by Crippen LogP contribution is 1.98. The number of tetrazole rings is 1. The van der Waals surface area contributed by atoms with Crippen LogP contribution in [0.2, 0.25) is 0 Å². The maximum Gasteiger partial charge on any atom is 0.177 e. The van der Waals surface area contributed by atoms with Crippen LogP contribution in [0.5, 0.6) is 0 Å². The van der Waals surface area contributed by atoms with Crippen LogP contribution in [0.1, 0.15) is 12.7 Å². The van der Waals surface area contributed by atoms with Gasteiger partial charge in [-0.15, -0.1) is 10.2 Å². The van der Waals surface area contributed by atoms with Crippen LogP contribution in [0.3, 0.4) is 0 Å². The Morgan fingerprint density at radius 2 is 2.17 bits per heavy atom. The van der Waals surface area contributed by atoms with Crippen molar-refractivity contribution in [1.82, 2.24) is 20.2 Å². The molecule has 0 spiro atoms. The molecule has 6 heteroatoms. The van der Waals surface area contributed by atoms with E-state index in [1.54, 1.807) is 7.05 Å². The fourth-order valence-electron chi connectivity index (χ4n) is 0.763. The van der Waals surface area contributed by atoms with E-state index in [1.807, 2.05) is 0 Å². The first-order chi connectivity index (χ1) is 5.59. The van der Waals surface area contributed by atoms with E-state index in [1.165, 1.54) is 11.7 Å². The number of rotatable bonds is 3. The molecule has 1 aromatic rings. The minimum Gasteiger partial charge on any atom is -0.391 e. The minimum absolute atomic E-state index is 0.228. The Kier molecular flexibility index (Phi) is 2.72. The van der Waals surface area contributed by atoms with Crippen LogP contribution in [0.15, 0.2) is 0 Å². The fourth-order valence-corrected chi connectivity index (χ4v) is 0.763. The summed E-state index contributed by atoms with van der Waals surface area (Å²) in [5, 5.41) is 29.3. The van der Waals surface area contributed by atoms with Crippen molar-refractivity contribution in [2.45, 2.75) is 25.6 Å². The Labute approximate surface area is 69.8 Å². The Hall–Kier alpha value is -1.01. The van der Waals surface area contributed by atoms with Crippen molar-refractivity contribution in [1.29, 1.82) is 0 Å². The summed E-state index contributed by atoms with van der Waals surface area (Å²) in [5.74, 6) is 0.436. The molecule has 0 aliphatic heterocycles. The van der Waals surface area contributed by atoms with E-state index in [9.17, 15) is 5.11 Å². The van der Waals surface area contributed by atoms with Gasteiger partial charge in [-0.2, -0.15) is 4.80 Å². The van der Waals surface area contributed by atoms with Gasteiger partial charge in [0.25, 0.3) is 0 Å². The van der Waals surface area contributed by atoms with Crippen LogP contribution in [0.4, 0.5) is 0 Å². The van der Waals surface area contributed by atoms with Crippen LogP contribution >= 0.6 is 0 Å². The van der Waals surface area contributed by atoms with E-state index in [2.05, 4.69) is 15.4 Å². The fraction of sp³-hybridized carbons (Fsp3) is 0.833. The quantitative estimate of drug-likeness (QED) is 0.579. The number of hydrogen-bond acceptors (Lipinski definition) is 5. The lowest BCUT2D eigenvalue weighted by molar-refractivity contribution is 0.0307. The van der Waals surface area contributed by atoms with Gasteiger partial charge in [0, 0.05) is 6.42 Å². The molecule has 0 aromatic carbocycles. The monoisotopic (exact) mass is 172 g/mol. The Bertz CT molecular complexity index is 247. The summed E-state index contributed by atoms with van der Waals surface area (Å²) in [6.45, 7) is 1.51. The smallest absolute Gasteiger partial charge is 0.177 e. The Morgan fingerprint density at radius 3 is 2.58 bits per heavy atom. The number of aryl methyl sites for hydroxylation is 1. The zero-order chi connectivity index (χ0) is 9.14. The molecule has 2 N–H and O–H groups in total. The van der Waals surface area contributed by atoms with Crippen LogP contribution in [0, 0.1) is 0 Å². The molecule has 12 heavy (non-hydrogen) atoms. The lowest BCUT2D eigenvalue weighted by Gasteiger charge is -2.09. The van der Waals surface area contributed by atoms with Crippen LogP contribution in [0.25, 0.3) is 0 Å². The standard InChI is InChI=1S/C6H12N4O2/c1-4(11)5(12)3-6-7-9-10(2)8-6/h4-5,11-12H,3H2,1-2H3. The zero-order valence-corrected chi connectivity index (χ0v) is 7.05. The second kappa shape index (κ2) is 3.59. The molecule has 1 aromatic heterocycles. The summed E-state index contributed by atoms with van der Waals surface area (Å²) in [7, 11) is 1.64. The molecule has 0 aliphatic carbocycles. The van der Waals surface area contributed by atoms with Gasteiger partial charge in [-0.25, -0.2) is 0 Å². The first-order valence-corrected chi connectivity index (χ1v) is 3.68. The predicted molar refractivity (Wildman–Crippen MR) is 40.2 cm³/mol. The SMILES string of the molecule is CC(O)C(O)Cc1nnn(C)n1. The van der Waals surface area contributed by atoms with Gasteiger partial charge in [0.05, 0.1) is 19.3 Å². The molecule has 1 rings (SSSR count). The minimum atomic E-state index is -0.825. The van der Waals surface area contributed by atoms with E-state index in [4.69, 9.17) is 5.11 Å². The molecule has 2 unspecified atom stereocenters. The molecule has 1 heterocycles. The predicted octanol–water partition coefficient (Wildman–Crippen LogP) is -1.51. The average molecular weight is 172 g/mol. The molecule has 0 bridgehead atoms. The van der Waals surface area contributed by atoms with Crippen LogP contribution in [-0.2, 0) is 13.5 Å². The van der Waals surface area contributed by atoms with Crippen molar-refractivity contribution in [2.75, 3.05) is 0 Å². The number of hydrogen-bond donors (Lipinski definition) is 2. The highest BCUT2D eigenvalue weighted by molar-refractivity contribution is 4.82. The summed E-state index contributed by atoms with van der Waals surface area (Å²) < 4.78 is 0. The van der Waals surface area contributed by atoms with Gasteiger partial charge < -0.3 is 10.2 Å². The van der Waals surface area contributed by atoms with Gasteiger partial charge in [-0.1, -0.05) is 0 Å². The molecule has 0 aliphatic rings. The summed E-state index contributed by atoms with van der Waals surface area (Å²) in [6, 6.07) is 0. The Morgan fingerprint density at radius 1 is 1.50 bits per heavy atom. The van der Waals surface area contributed by atoms with Crippen molar-refractivity contribution >= 4 is 0 Å². The summed E-state index contributed by atoms with van der Waals surface area (Å²) >= 11 is 0. The molecule has 0 saturated heterocycles. The lowest BCUT2D eigenvalue weighted by Crippen LogP contribution is -2.25. The maximum atomic E-state index is 9.22. The molecule has 0 amide bonds. The van der Waals surface area contributed by atoms with E-state index in [0.717, 1.165) is 0 Å². The van der Waals surface area contributed by atoms with E-state index in [-0.39, 0.29) is 6.42 Å². The highest BCUT2D eigenvalue weighted by Gasteiger charge is 2.14. The molecular weight excluding hydrogens is 160 g/mol. The normalized spacial score (nSPS) is 16.0. The summed E-state index contributed by atoms with van der Waals surface area (Å²) in [6.07, 6.45) is -1.37. The van der Waals surface area contributed by atoms with E-state index in [0.29, 0.717) is 5.82 Å². The molecule has 6 nitrogen and oxygen atoms in total. The van der Waals surface area contributed by atoms with Gasteiger partial charge in [0.1, 0.15) is 0 Å². The molecule has 68 valence electrons. The van der Waals surface area contributed by atoms with Gasteiger partial charge in [-0.05, 0) is 12.1 Å². The van der Waals surface area contributed by atoms with Gasteiger partial charge >= 0.3 is 0 Å². The lowest BCUT2D eigenvalue weighted by atomic mass is 10.1. The molecular formula is C6H12N4O2.